The van der Waals surface area contributed by atoms with Crippen LogP contribution in [-0.2, 0) is 7.05 Å². The van der Waals surface area contributed by atoms with Gasteiger partial charge >= 0.3 is 6.36 Å². The predicted molar refractivity (Wildman–Crippen MR) is 103 cm³/mol. The fraction of sp³-hybridized carbons (Fsp3) is 0.190. The van der Waals surface area contributed by atoms with Crippen molar-refractivity contribution in [3.05, 3.63) is 93.4 Å². The van der Waals surface area contributed by atoms with Crippen molar-refractivity contribution in [1.82, 2.24) is 14.9 Å². The van der Waals surface area contributed by atoms with Gasteiger partial charge in [-0.15, -0.1) is 13.2 Å². The van der Waals surface area contributed by atoms with E-state index in [1.807, 2.05) is 0 Å². The number of carbonyl (C=O) groups is 1. The van der Waals surface area contributed by atoms with Crippen LogP contribution in [-0.4, -0.2) is 21.8 Å². The van der Waals surface area contributed by atoms with Gasteiger partial charge in [0, 0.05) is 25.5 Å². The highest BCUT2D eigenvalue weighted by atomic mass is 19.4. The molecular weight excluding hydrogens is 418 g/mol. The van der Waals surface area contributed by atoms with Crippen LogP contribution in [0.4, 0.5) is 17.6 Å². The number of aromatic nitrogens is 2. The summed E-state index contributed by atoms with van der Waals surface area (Å²) in [5, 5.41) is 2.70. The molecule has 6 nitrogen and oxygen atoms in total. The molecule has 1 amide bonds. The number of hydrogen-bond donors (Lipinski definition) is 1. The lowest BCUT2D eigenvalue weighted by Crippen LogP contribution is -2.31. The Morgan fingerprint density at radius 3 is 2.55 bits per heavy atom. The topological polar surface area (TPSA) is 73.2 Å². The van der Waals surface area contributed by atoms with Crippen LogP contribution in [0.3, 0.4) is 0 Å². The molecule has 2 heterocycles. The Morgan fingerprint density at radius 1 is 1.19 bits per heavy atom. The Hall–Kier alpha value is -3.69. The number of nitrogens with one attached hydrogen (secondary N) is 1. The van der Waals surface area contributed by atoms with Gasteiger partial charge in [-0.3, -0.25) is 14.6 Å². The molecule has 0 fully saturated rings. The van der Waals surface area contributed by atoms with Gasteiger partial charge in [0.1, 0.15) is 0 Å². The zero-order chi connectivity index (χ0) is 22.8. The molecule has 0 bridgehead atoms. The molecule has 0 saturated heterocycles. The minimum Gasteiger partial charge on any atom is -0.403 e. The van der Waals surface area contributed by atoms with E-state index in [2.05, 4.69) is 15.0 Å². The number of rotatable bonds is 5. The second-order valence-electron chi connectivity index (χ2n) is 6.72. The van der Waals surface area contributed by atoms with Crippen molar-refractivity contribution in [2.24, 2.45) is 7.05 Å². The molecule has 162 valence electrons. The average molecular weight is 435 g/mol. The van der Waals surface area contributed by atoms with Gasteiger partial charge in [-0.25, -0.2) is 4.39 Å². The molecule has 1 N–H and O–H groups in total. The van der Waals surface area contributed by atoms with Crippen molar-refractivity contribution in [3.8, 4) is 5.75 Å². The summed E-state index contributed by atoms with van der Waals surface area (Å²) in [5.41, 5.74) is 1.06. The zero-order valence-electron chi connectivity index (χ0n) is 16.4. The molecule has 10 heteroatoms. The van der Waals surface area contributed by atoms with Gasteiger partial charge in [-0.2, -0.15) is 0 Å². The third-order valence-electron chi connectivity index (χ3n) is 4.46. The van der Waals surface area contributed by atoms with Crippen molar-refractivity contribution < 1.29 is 27.1 Å². The lowest BCUT2D eigenvalue weighted by atomic mass is 9.99. The highest BCUT2D eigenvalue weighted by Crippen LogP contribution is 2.30. The monoisotopic (exact) mass is 435 g/mol. The summed E-state index contributed by atoms with van der Waals surface area (Å²) in [6.07, 6.45) is -2.23. The molecule has 2 aromatic heterocycles. The molecule has 3 aromatic rings. The summed E-state index contributed by atoms with van der Waals surface area (Å²) in [5.74, 6) is -2.82. The highest BCUT2D eigenvalue weighted by molar-refractivity contribution is 5.94. The van der Waals surface area contributed by atoms with Crippen LogP contribution in [0.5, 0.6) is 5.75 Å². The Kier molecular flexibility index (Phi) is 6.09. The largest absolute Gasteiger partial charge is 0.573 e. The van der Waals surface area contributed by atoms with E-state index in [9.17, 15) is 27.2 Å². The van der Waals surface area contributed by atoms with Crippen molar-refractivity contribution in [2.45, 2.75) is 19.3 Å². The number of benzene rings is 1. The first-order valence-electron chi connectivity index (χ1n) is 8.99. The number of halogens is 4. The van der Waals surface area contributed by atoms with Crippen LogP contribution in [0.25, 0.3) is 0 Å². The van der Waals surface area contributed by atoms with E-state index in [1.54, 1.807) is 19.1 Å². The summed E-state index contributed by atoms with van der Waals surface area (Å²) < 4.78 is 56.5. The molecule has 0 aliphatic carbocycles. The van der Waals surface area contributed by atoms with E-state index >= 15 is 0 Å². The number of amides is 1. The van der Waals surface area contributed by atoms with E-state index in [4.69, 9.17) is 0 Å². The standard InChI is InChI=1S/C21H17F4N3O3/c1-12-4-3-9-26-18(12)19(27-20(30)14-6-8-17(29)28(2)11-14)13-5-7-16(15(22)10-13)31-21(23,24)25/h3-11,19H,1-2H3,(H,27,30)/t19-/m0/s1. The van der Waals surface area contributed by atoms with Gasteiger partial charge in [0.05, 0.1) is 17.3 Å². The maximum Gasteiger partial charge on any atom is 0.573 e. The summed E-state index contributed by atoms with van der Waals surface area (Å²) in [6.45, 7) is 1.73. The Labute approximate surface area is 174 Å². The van der Waals surface area contributed by atoms with Crippen molar-refractivity contribution in [3.63, 3.8) is 0 Å². The first-order valence-corrected chi connectivity index (χ1v) is 8.99. The number of alkyl halides is 3. The second kappa shape index (κ2) is 8.58. The first-order chi connectivity index (χ1) is 14.5. The molecule has 3 rings (SSSR count). The van der Waals surface area contributed by atoms with E-state index in [1.165, 1.54) is 42.2 Å². The molecule has 0 unspecified atom stereocenters. The fourth-order valence-electron chi connectivity index (χ4n) is 2.96. The normalized spacial score (nSPS) is 12.3. The van der Waals surface area contributed by atoms with E-state index < -0.39 is 29.9 Å². The number of pyridine rings is 2. The number of hydrogen-bond acceptors (Lipinski definition) is 4. The minimum absolute atomic E-state index is 0.159. The van der Waals surface area contributed by atoms with Gasteiger partial charge in [0.15, 0.2) is 11.6 Å². The molecule has 0 aliphatic rings. The smallest absolute Gasteiger partial charge is 0.403 e. The molecular formula is C21H17F4N3O3. The van der Waals surface area contributed by atoms with Gasteiger partial charge < -0.3 is 14.6 Å². The molecule has 0 saturated carbocycles. The Morgan fingerprint density at radius 2 is 1.94 bits per heavy atom. The van der Waals surface area contributed by atoms with Crippen LogP contribution in [0.2, 0.25) is 0 Å². The maximum absolute atomic E-state index is 14.3. The van der Waals surface area contributed by atoms with Crippen LogP contribution in [0, 0.1) is 12.7 Å². The molecule has 0 spiro atoms. The Balaban J connectivity index is 2.00. The van der Waals surface area contributed by atoms with E-state index in [0.29, 0.717) is 11.3 Å². The van der Waals surface area contributed by atoms with Crippen LogP contribution < -0.4 is 15.6 Å². The number of nitrogens with zero attached hydrogens (tertiary/aromatic N) is 2. The SMILES string of the molecule is Cc1cccnc1[C@@H](NC(=O)c1ccc(=O)n(C)c1)c1ccc(OC(F)(F)F)c(F)c1. The van der Waals surface area contributed by atoms with E-state index in [-0.39, 0.29) is 16.7 Å². The maximum atomic E-state index is 14.3. The number of carbonyl (C=O) groups excluding carboxylic acids is 1. The highest BCUT2D eigenvalue weighted by Gasteiger charge is 2.33. The van der Waals surface area contributed by atoms with Crippen LogP contribution in [0.1, 0.15) is 33.2 Å². The predicted octanol–water partition coefficient (Wildman–Crippen LogP) is 3.65. The number of aryl methyl sites for hydroxylation is 2. The van der Waals surface area contributed by atoms with Gasteiger partial charge in [0.2, 0.25) is 5.56 Å². The lowest BCUT2D eigenvalue weighted by molar-refractivity contribution is -0.275. The zero-order valence-corrected chi connectivity index (χ0v) is 16.4. The third-order valence-corrected chi connectivity index (χ3v) is 4.46. The molecule has 1 atom stereocenters. The molecule has 1 aromatic carbocycles. The molecule has 0 radical (unpaired) electrons. The summed E-state index contributed by atoms with van der Waals surface area (Å²) in [7, 11) is 1.48. The van der Waals surface area contributed by atoms with Crippen molar-refractivity contribution >= 4 is 5.91 Å². The average Bonchev–Trinajstić information content (AvgIpc) is 2.69. The quantitative estimate of drug-likeness (QED) is 0.621. The van der Waals surface area contributed by atoms with Crippen LogP contribution in [0.15, 0.2) is 59.7 Å². The van der Waals surface area contributed by atoms with Crippen LogP contribution >= 0.6 is 0 Å². The lowest BCUT2D eigenvalue weighted by Gasteiger charge is -2.21. The van der Waals surface area contributed by atoms with E-state index in [0.717, 1.165) is 12.1 Å². The van der Waals surface area contributed by atoms with Crippen molar-refractivity contribution in [2.75, 3.05) is 0 Å². The van der Waals surface area contributed by atoms with Gasteiger partial charge in [-0.05, 0) is 42.3 Å². The third kappa shape index (κ3) is 5.27. The van der Waals surface area contributed by atoms with Gasteiger partial charge in [0.25, 0.3) is 5.91 Å². The first kappa shape index (κ1) is 22.0. The number of ether oxygens (including phenoxy) is 1. The summed E-state index contributed by atoms with van der Waals surface area (Å²) in [6, 6.07) is 7.88. The fourth-order valence-corrected chi connectivity index (χ4v) is 2.96. The van der Waals surface area contributed by atoms with Crippen molar-refractivity contribution in [1.29, 1.82) is 0 Å². The van der Waals surface area contributed by atoms with Gasteiger partial charge in [-0.1, -0.05) is 12.1 Å². The Bertz CT molecular complexity index is 1180. The minimum atomic E-state index is -5.04. The summed E-state index contributed by atoms with van der Waals surface area (Å²) >= 11 is 0. The molecule has 31 heavy (non-hydrogen) atoms. The second-order valence-corrected chi connectivity index (χ2v) is 6.72. The summed E-state index contributed by atoms with van der Waals surface area (Å²) in [4.78, 5) is 28.6. The molecule has 0 aliphatic heterocycles.